The molecule has 47 heavy (non-hydrogen) atoms. The Morgan fingerprint density at radius 3 is 1.96 bits per heavy atom. The van der Waals surface area contributed by atoms with Crippen LogP contribution in [0.5, 0.6) is 11.5 Å². The van der Waals surface area contributed by atoms with Crippen molar-refractivity contribution in [3.8, 4) is 33.8 Å². The SMILES string of the molecule is CCCCCC1CCC(c2cc(F)c(C(F)(F)Oc3ccc(-c4ccc(-c5ccc(OCCF)c(F)c5)c(F)c4)cc3)c(F)c2)CC1. The van der Waals surface area contributed by atoms with E-state index in [4.69, 9.17) is 9.47 Å². The van der Waals surface area contributed by atoms with Gasteiger partial charge in [0.15, 0.2) is 11.6 Å². The molecule has 0 aromatic heterocycles. The molecule has 0 spiro atoms. The van der Waals surface area contributed by atoms with Crippen LogP contribution in [0.25, 0.3) is 22.3 Å². The number of halogens is 7. The van der Waals surface area contributed by atoms with Crippen molar-refractivity contribution >= 4 is 0 Å². The zero-order valence-electron chi connectivity index (χ0n) is 26.1. The standard InChI is InChI=1S/C38H37F7O2/c1-2-3-4-5-24-6-8-26(9-7-24)29-22-34(42)37(35(43)23-29)38(44,45)47-30-14-10-25(11-15-30)27-12-16-31(32(40)20-27)28-13-17-36(33(41)21-28)46-19-18-39/h10-17,20-24,26H,2-9,18-19H2,1H3. The summed E-state index contributed by atoms with van der Waals surface area (Å²) >= 11 is 0. The fourth-order valence-corrected chi connectivity index (χ4v) is 6.35. The van der Waals surface area contributed by atoms with Gasteiger partial charge in [0.05, 0.1) is 0 Å². The minimum Gasteiger partial charge on any atom is -0.488 e. The summed E-state index contributed by atoms with van der Waals surface area (Å²) in [6.07, 6.45) is 3.82. The maximum Gasteiger partial charge on any atom is 0.432 e. The van der Waals surface area contributed by atoms with Crippen LogP contribution >= 0.6 is 0 Å². The molecule has 0 aliphatic heterocycles. The first-order chi connectivity index (χ1) is 22.6. The van der Waals surface area contributed by atoms with E-state index in [0.29, 0.717) is 22.6 Å². The summed E-state index contributed by atoms with van der Waals surface area (Å²) in [6, 6.07) is 15.2. The molecule has 0 amide bonds. The van der Waals surface area contributed by atoms with E-state index in [-0.39, 0.29) is 35.2 Å². The van der Waals surface area contributed by atoms with Crippen LogP contribution in [-0.2, 0) is 6.11 Å². The van der Waals surface area contributed by atoms with Gasteiger partial charge in [-0.25, -0.2) is 22.0 Å². The molecule has 0 N–H and O–H groups in total. The maximum absolute atomic E-state index is 15.1. The Balaban J connectivity index is 1.25. The second-order valence-corrected chi connectivity index (χ2v) is 12.1. The predicted octanol–water partition coefficient (Wildman–Crippen LogP) is 11.9. The van der Waals surface area contributed by atoms with E-state index < -0.39 is 41.6 Å². The summed E-state index contributed by atoms with van der Waals surface area (Å²) in [5, 5.41) is 0. The van der Waals surface area contributed by atoms with E-state index in [9.17, 15) is 8.78 Å². The van der Waals surface area contributed by atoms with Crippen molar-refractivity contribution in [2.75, 3.05) is 13.3 Å². The minimum absolute atomic E-state index is 0.0777. The molecule has 0 unspecified atom stereocenters. The summed E-state index contributed by atoms with van der Waals surface area (Å²) in [6.45, 7) is 1.07. The molecule has 1 fully saturated rings. The van der Waals surface area contributed by atoms with Gasteiger partial charge in [0, 0.05) is 5.56 Å². The van der Waals surface area contributed by atoms with Crippen LogP contribution in [0.1, 0.15) is 75.3 Å². The molecule has 250 valence electrons. The average molecular weight is 659 g/mol. The maximum atomic E-state index is 15.1. The third-order valence-corrected chi connectivity index (χ3v) is 8.87. The van der Waals surface area contributed by atoms with Gasteiger partial charge in [0.1, 0.15) is 42.0 Å². The lowest BCUT2D eigenvalue weighted by Gasteiger charge is -2.29. The molecular weight excluding hydrogens is 621 g/mol. The van der Waals surface area contributed by atoms with Gasteiger partial charge in [-0.3, -0.25) is 0 Å². The van der Waals surface area contributed by atoms with Gasteiger partial charge >= 0.3 is 6.11 Å². The second-order valence-electron chi connectivity index (χ2n) is 12.1. The number of ether oxygens (including phenoxy) is 2. The molecule has 0 heterocycles. The van der Waals surface area contributed by atoms with Crippen molar-refractivity contribution in [3.63, 3.8) is 0 Å². The summed E-state index contributed by atoms with van der Waals surface area (Å²) in [5.41, 5.74) is 0.135. The molecule has 4 aromatic rings. The normalized spacial score (nSPS) is 16.7. The van der Waals surface area contributed by atoms with Crippen LogP contribution in [0, 0.1) is 29.2 Å². The minimum atomic E-state index is -4.29. The van der Waals surface area contributed by atoms with Crippen molar-refractivity contribution in [3.05, 3.63) is 107 Å². The Morgan fingerprint density at radius 2 is 1.34 bits per heavy atom. The Hall–Kier alpha value is -4.01. The Morgan fingerprint density at radius 1 is 0.702 bits per heavy atom. The fraction of sp³-hybridized carbons (Fsp3) is 0.368. The molecule has 0 atom stereocenters. The molecular formula is C38H37F7O2. The molecule has 0 bridgehead atoms. The van der Waals surface area contributed by atoms with E-state index in [2.05, 4.69) is 6.92 Å². The third-order valence-electron chi connectivity index (χ3n) is 8.87. The Kier molecular flexibility index (Phi) is 11.1. The number of rotatable bonds is 13. The highest BCUT2D eigenvalue weighted by atomic mass is 19.3. The van der Waals surface area contributed by atoms with Crippen LogP contribution in [0.3, 0.4) is 0 Å². The van der Waals surface area contributed by atoms with Gasteiger partial charge in [-0.05, 0) is 102 Å². The van der Waals surface area contributed by atoms with Gasteiger partial charge in [0.2, 0.25) is 0 Å². The van der Waals surface area contributed by atoms with Crippen molar-refractivity contribution in [2.45, 2.75) is 70.3 Å². The van der Waals surface area contributed by atoms with Crippen LogP contribution in [0.4, 0.5) is 30.7 Å². The highest BCUT2D eigenvalue weighted by Gasteiger charge is 2.41. The number of unbranched alkanes of at least 4 members (excludes halogenated alkanes) is 2. The first-order valence-electron chi connectivity index (χ1n) is 16.0. The van der Waals surface area contributed by atoms with E-state index in [1.807, 2.05) is 0 Å². The van der Waals surface area contributed by atoms with Crippen molar-refractivity contribution in [2.24, 2.45) is 5.92 Å². The molecule has 0 radical (unpaired) electrons. The molecule has 9 heteroatoms. The van der Waals surface area contributed by atoms with Gasteiger partial charge in [-0.15, -0.1) is 0 Å². The Labute approximate surface area is 270 Å². The van der Waals surface area contributed by atoms with Crippen molar-refractivity contribution < 1.29 is 40.2 Å². The van der Waals surface area contributed by atoms with E-state index >= 15 is 22.0 Å². The second kappa shape index (κ2) is 15.3. The highest BCUT2D eigenvalue weighted by molar-refractivity contribution is 5.71. The molecule has 0 saturated heterocycles. The monoisotopic (exact) mass is 658 g/mol. The molecule has 1 saturated carbocycles. The van der Waals surface area contributed by atoms with Gasteiger partial charge in [0.25, 0.3) is 0 Å². The smallest absolute Gasteiger partial charge is 0.432 e. The first kappa shape index (κ1) is 34.3. The predicted molar refractivity (Wildman–Crippen MR) is 168 cm³/mol. The zero-order valence-corrected chi connectivity index (χ0v) is 26.1. The summed E-state index contributed by atoms with van der Waals surface area (Å²) in [5.74, 6) is -4.12. The van der Waals surface area contributed by atoms with Crippen molar-refractivity contribution in [1.82, 2.24) is 0 Å². The highest BCUT2D eigenvalue weighted by Crippen LogP contribution is 2.41. The van der Waals surface area contributed by atoms with Gasteiger partial charge in [-0.2, -0.15) is 8.78 Å². The van der Waals surface area contributed by atoms with E-state index in [0.717, 1.165) is 56.7 Å². The first-order valence-corrected chi connectivity index (χ1v) is 16.0. The third kappa shape index (κ3) is 8.29. The summed E-state index contributed by atoms with van der Waals surface area (Å²) in [7, 11) is 0. The molecule has 2 nitrogen and oxygen atoms in total. The summed E-state index contributed by atoms with van der Waals surface area (Å²) in [4.78, 5) is 0. The lowest BCUT2D eigenvalue weighted by atomic mass is 9.77. The molecule has 4 aromatic carbocycles. The zero-order chi connectivity index (χ0) is 33.6. The number of hydrogen-bond acceptors (Lipinski definition) is 2. The fourth-order valence-electron chi connectivity index (χ4n) is 6.35. The van der Waals surface area contributed by atoms with E-state index in [1.165, 1.54) is 61.4 Å². The van der Waals surface area contributed by atoms with Gasteiger partial charge < -0.3 is 9.47 Å². The van der Waals surface area contributed by atoms with Crippen LogP contribution < -0.4 is 9.47 Å². The lowest BCUT2D eigenvalue weighted by Crippen LogP contribution is -2.25. The van der Waals surface area contributed by atoms with Crippen LogP contribution in [0.2, 0.25) is 0 Å². The lowest BCUT2D eigenvalue weighted by molar-refractivity contribution is -0.189. The Bertz CT molecular complexity index is 1620. The van der Waals surface area contributed by atoms with E-state index in [1.54, 1.807) is 6.07 Å². The quantitative estimate of drug-likeness (QED) is 0.105. The average Bonchev–Trinajstić information content (AvgIpc) is 3.04. The topological polar surface area (TPSA) is 18.5 Å². The number of benzene rings is 4. The number of hydrogen-bond donors (Lipinski definition) is 0. The summed E-state index contributed by atoms with van der Waals surface area (Å²) < 4.78 is 112. The van der Waals surface area contributed by atoms with Crippen molar-refractivity contribution in [1.29, 1.82) is 0 Å². The number of alkyl halides is 3. The molecule has 5 rings (SSSR count). The largest absolute Gasteiger partial charge is 0.488 e. The molecule has 1 aliphatic carbocycles. The van der Waals surface area contributed by atoms with Gasteiger partial charge in [-0.1, -0.05) is 62.9 Å². The molecule has 1 aliphatic rings. The van der Waals surface area contributed by atoms with Crippen LogP contribution in [-0.4, -0.2) is 13.3 Å². The van der Waals surface area contributed by atoms with Crippen LogP contribution in [0.15, 0.2) is 72.8 Å².